The molecule has 0 amide bonds. The predicted octanol–water partition coefficient (Wildman–Crippen LogP) is 4.96. The molecule has 8 heteroatoms. The molecule has 1 N–H and O–H groups in total. The number of hydrogen-bond donors (Lipinski definition) is 1. The summed E-state index contributed by atoms with van der Waals surface area (Å²) in [5, 5.41) is 16.3. The number of hydrogen-bond acceptors (Lipinski definition) is 5. The van der Waals surface area contributed by atoms with Gasteiger partial charge in [-0.05, 0) is 29.8 Å². The number of rotatable bonds is 2. The van der Waals surface area contributed by atoms with E-state index < -0.39 is 0 Å². The first-order valence-corrected chi connectivity index (χ1v) is 8.32. The fourth-order valence-electron chi connectivity index (χ4n) is 1.92. The fourth-order valence-corrected chi connectivity index (χ4v) is 3.24. The van der Waals surface area contributed by atoms with Crippen LogP contribution in [0, 0.1) is 11.3 Å². The number of nitriles is 1. The van der Waals surface area contributed by atoms with Crippen LogP contribution in [0.5, 0.6) is 0 Å². The molecule has 0 saturated carbocycles. The van der Waals surface area contributed by atoms with E-state index >= 15 is 0 Å². The summed E-state index contributed by atoms with van der Waals surface area (Å²) in [6, 6.07) is 9.12. The predicted molar refractivity (Wildman–Crippen MR) is 94.7 cm³/mol. The molecule has 0 aliphatic carbocycles. The molecule has 2 heterocycles. The minimum Gasteiger partial charge on any atom is -0.348 e. The van der Waals surface area contributed by atoms with Crippen molar-refractivity contribution in [1.82, 2.24) is 15.3 Å². The van der Waals surface area contributed by atoms with E-state index in [1.807, 2.05) is 11.5 Å². The van der Waals surface area contributed by atoms with Gasteiger partial charge >= 0.3 is 0 Å². The molecule has 3 rings (SSSR count). The molecule has 1 aromatic heterocycles. The molecule has 0 spiro atoms. The fraction of sp³-hybridized carbons (Fsp3) is 0. The van der Waals surface area contributed by atoms with Gasteiger partial charge in [0.25, 0.3) is 0 Å². The molecule has 0 radical (unpaired) electrons. The van der Waals surface area contributed by atoms with E-state index in [1.54, 1.807) is 18.2 Å². The molecule has 114 valence electrons. The molecule has 0 bridgehead atoms. The monoisotopic (exact) mass is 380 g/mol. The Hall–Kier alpha value is -1.71. The number of thioether (sulfide) groups is 1. The van der Waals surface area contributed by atoms with Crippen LogP contribution < -0.4 is 5.32 Å². The van der Waals surface area contributed by atoms with Gasteiger partial charge in [0.1, 0.15) is 11.6 Å². The lowest BCUT2D eigenvalue weighted by Crippen LogP contribution is -2.07. The molecule has 0 fully saturated rings. The van der Waals surface area contributed by atoms with Gasteiger partial charge in [-0.15, -0.1) is 0 Å². The second kappa shape index (κ2) is 6.81. The van der Waals surface area contributed by atoms with Crippen LogP contribution in [0.3, 0.4) is 0 Å². The highest BCUT2D eigenvalue weighted by Crippen LogP contribution is 2.36. The summed E-state index contributed by atoms with van der Waals surface area (Å²) in [6.07, 6.45) is 1.51. The van der Waals surface area contributed by atoms with Gasteiger partial charge in [-0.25, -0.2) is 9.97 Å². The Labute approximate surface area is 151 Å². The van der Waals surface area contributed by atoms with Crippen molar-refractivity contribution in [2.24, 2.45) is 0 Å². The van der Waals surface area contributed by atoms with Crippen molar-refractivity contribution >= 4 is 57.8 Å². The molecule has 1 aromatic carbocycles. The third kappa shape index (κ3) is 3.46. The van der Waals surface area contributed by atoms with Crippen molar-refractivity contribution in [1.29, 1.82) is 5.26 Å². The van der Waals surface area contributed by atoms with Crippen LogP contribution >= 0.6 is 46.6 Å². The van der Waals surface area contributed by atoms with Gasteiger partial charge in [-0.2, -0.15) is 5.26 Å². The Bertz CT molecular complexity index is 887. The smallest absolute Gasteiger partial charge is 0.222 e. The molecule has 1 aliphatic heterocycles. The average molecular weight is 382 g/mol. The van der Waals surface area contributed by atoms with Crippen LogP contribution in [0.25, 0.3) is 11.3 Å². The molecule has 0 atom stereocenters. The van der Waals surface area contributed by atoms with Gasteiger partial charge in [0.2, 0.25) is 5.28 Å². The van der Waals surface area contributed by atoms with Crippen LogP contribution in [0.1, 0.15) is 11.3 Å². The second-order valence-electron chi connectivity index (χ2n) is 4.43. The van der Waals surface area contributed by atoms with Crippen LogP contribution in [0.4, 0.5) is 0 Å². The van der Waals surface area contributed by atoms with Crippen molar-refractivity contribution in [2.75, 3.05) is 0 Å². The zero-order valence-electron chi connectivity index (χ0n) is 11.3. The number of halogens is 3. The second-order valence-corrected chi connectivity index (χ2v) is 6.46. The lowest BCUT2D eigenvalue weighted by molar-refractivity contribution is 1.13. The van der Waals surface area contributed by atoms with E-state index in [9.17, 15) is 5.26 Å². The molecule has 23 heavy (non-hydrogen) atoms. The molecule has 2 aromatic rings. The zero-order valence-corrected chi connectivity index (χ0v) is 14.4. The summed E-state index contributed by atoms with van der Waals surface area (Å²) >= 11 is 19.2. The summed E-state index contributed by atoms with van der Waals surface area (Å²) in [6.45, 7) is 0. The first kappa shape index (κ1) is 16.2. The SMILES string of the molecule is N#CC(=C1NC(c2ccc(Cl)c(Cl)c2)=CS1)c1ccnc(Cl)n1. The van der Waals surface area contributed by atoms with E-state index in [-0.39, 0.29) is 5.28 Å². The molecule has 1 aliphatic rings. The summed E-state index contributed by atoms with van der Waals surface area (Å²) < 4.78 is 0. The quantitative estimate of drug-likeness (QED) is 0.588. The van der Waals surface area contributed by atoms with Crippen molar-refractivity contribution < 1.29 is 0 Å². The topological polar surface area (TPSA) is 61.6 Å². The Morgan fingerprint density at radius 3 is 2.70 bits per heavy atom. The lowest BCUT2D eigenvalue weighted by Gasteiger charge is -2.08. The lowest BCUT2D eigenvalue weighted by atomic mass is 10.1. The van der Waals surface area contributed by atoms with Gasteiger partial charge < -0.3 is 5.32 Å². The first-order chi connectivity index (χ1) is 11.1. The van der Waals surface area contributed by atoms with Gasteiger partial charge in [0.15, 0.2) is 0 Å². The van der Waals surface area contributed by atoms with Crippen molar-refractivity contribution in [3.05, 3.63) is 67.5 Å². The third-order valence-corrected chi connectivity index (χ3v) is 4.81. The zero-order chi connectivity index (χ0) is 16.4. The number of benzene rings is 1. The first-order valence-electron chi connectivity index (χ1n) is 6.31. The standard InChI is InChI=1S/C15H7Cl3N4S/c16-10-2-1-8(5-11(10)17)13-7-23-14(21-13)9(6-19)12-3-4-20-15(18)22-12/h1-5,7,21H. The van der Waals surface area contributed by atoms with Crippen LogP contribution in [-0.4, -0.2) is 9.97 Å². The third-order valence-electron chi connectivity index (χ3n) is 2.99. The maximum absolute atomic E-state index is 9.44. The maximum Gasteiger partial charge on any atom is 0.222 e. The van der Waals surface area contributed by atoms with E-state index in [0.29, 0.717) is 26.3 Å². The normalized spacial score (nSPS) is 15.7. The molecule has 4 nitrogen and oxygen atoms in total. The molecule has 0 saturated heterocycles. The van der Waals surface area contributed by atoms with Crippen molar-refractivity contribution in [3.63, 3.8) is 0 Å². The molecular weight excluding hydrogens is 375 g/mol. The Balaban J connectivity index is 1.92. The molecule has 0 unspecified atom stereocenters. The van der Waals surface area contributed by atoms with Crippen LogP contribution in [0.15, 0.2) is 40.9 Å². The maximum atomic E-state index is 9.44. The Morgan fingerprint density at radius 1 is 1.17 bits per heavy atom. The number of nitrogens with one attached hydrogen (secondary N) is 1. The Kier molecular flexibility index (Phi) is 4.79. The number of nitrogens with zero attached hydrogens (tertiary/aromatic N) is 3. The van der Waals surface area contributed by atoms with E-state index in [1.165, 1.54) is 18.0 Å². The highest BCUT2D eigenvalue weighted by Gasteiger charge is 2.19. The van der Waals surface area contributed by atoms with Crippen molar-refractivity contribution in [3.8, 4) is 6.07 Å². The van der Waals surface area contributed by atoms with Crippen LogP contribution in [-0.2, 0) is 0 Å². The van der Waals surface area contributed by atoms with Crippen molar-refractivity contribution in [2.45, 2.75) is 0 Å². The Morgan fingerprint density at radius 2 is 2.00 bits per heavy atom. The largest absolute Gasteiger partial charge is 0.348 e. The highest BCUT2D eigenvalue weighted by molar-refractivity contribution is 8.06. The van der Waals surface area contributed by atoms with Gasteiger partial charge in [0.05, 0.1) is 26.5 Å². The summed E-state index contributed by atoms with van der Waals surface area (Å²) in [7, 11) is 0. The van der Waals surface area contributed by atoms with Gasteiger partial charge in [0, 0.05) is 17.2 Å². The van der Waals surface area contributed by atoms with E-state index in [4.69, 9.17) is 34.8 Å². The van der Waals surface area contributed by atoms with E-state index in [0.717, 1.165) is 11.3 Å². The van der Waals surface area contributed by atoms with Crippen LogP contribution in [0.2, 0.25) is 15.3 Å². The number of aromatic nitrogens is 2. The minimum absolute atomic E-state index is 0.0940. The average Bonchev–Trinajstić information content (AvgIpc) is 3.00. The van der Waals surface area contributed by atoms with Gasteiger partial charge in [-0.1, -0.05) is 41.0 Å². The number of allylic oxidation sites excluding steroid dienone is 1. The molecular formula is C15H7Cl3N4S. The van der Waals surface area contributed by atoms with E-state index in [2.05, 4.69) is 21.4 Å². The summed E-state index contributed by atoms with van der Waals surface area (Å²) in [5.74, 6) is 0. The highest BCUT2D eigenvalue weighted by atomic mass is 35.5. The summed E-state index contributed by atoms with van der Waals surface area (Å²) in [4.78, 5) is 7.89. The van der Waals surface area contributed by atoms with Gasteiger partial charge in [-0.3, -0.25) is 0 Å². The minimum atomic E-state index is 0.0940. The summed E-state index contributed by atoms with van der Waals surface area (Å²) in [5.41, 5.74) is 2.56.